The first-order valence-corrected chi connectivity index (χ1v) is 12.1. The normalized spacial score (nSPS) is 20.6. The van der Waals surface area contributed by atoms with Crippen LogP contribution in [0.25, 0.3) is 22.9 Å². The lowest BCUT2D eigenvalue weighted by molar-refractivity contribution is -0.124. The molecule has 1 saturated heterocycles. The van der Waals surface area contributed by atoms with Crippen molar-refractivity contribution in [1.82, 2.24) is 29.2 Å². The Kier molecular flexibility index (Phi) is 5.89. The average molecular weight is 464 g/mol. The van der Waals surface area contributed by atoms with Crippen molar-refractivity contribution in [2.75, 3.05) is 19.7 Å². The molecule has 9 nitrogen and oxygen atoms in total. The lowest BCUT2D eigenvalue weighted by Crippen LogP contribution is -2.47. The SMILES string of the molecule is CC(C)N1CCC(c2ccc3c(c2)OCCn2cc(-c4ncnn4C(C)C)nc2-3)C(C(N)=O)C1. The number of hydrogen-bond donors (Lipinski definition) is 1. The summed E-state index contributed by atoms with van der Waals surface area (Å²) < 4.78 is 10.2. The highest BCUT2D eigenvalue weighted by Crippen LogP contribution is 2.40. The Balaban J connectivity index is 1.49. The molecule has 2 unspecified atom stereocenters. The highest BCUT2D eigenvalue weighted by atomic mass is 16.5. The summed E-state index contributed by atoms with van der Waals surface area (Å²) in [4.78, 5) is 24.1. The Morgan fingerprint density at radius 3 is 2.71 bits per heavy atom. The van der Waals surface area contributed by atoms with Crippen molar-refractivity contribution in [2.24, 2.45) is 11.7 Å². The topological polar surface area (TPSA) is 104 Å². The summed E-state index contributed by atoms with van der Waals surface area (Å²) in [5, 5.41) is 4.35. The lowest BCUT2D eigenvalue weighted by Gasteiger charge is -2.39. The lowest BCUT2D eigenvalue weighted by atomic mass is 9.79. The molecule has 180 valence electrons. The Bertz CT molecular complexity index is 1200. The number of carbonyl (C=O) groups is 1. The predicted molar refractivity (Wildman–Crippen MR) is 129 cm³/mol. The van der Waals surface area contributed by atoms with Crippen molar-refractivity contribution in [2.45, 2.75) is 58.7 Å². The van der Waals surface area contributed by atoms with Gasteiger partial charge in [0.2, 0.25) is 5.91 Å². The Hall–Kier alpha value is -3.20. The van der Waals surface area contributed by atoms with E-state index >= 15 is 0 Å². The maximum absolute atomic E-state index is 12.3. The van der Waals surface area contributed by atoms with Crippen molar-refractivity contribution in [1.29, 1.82) is 0 Å². The number of fused-ring (bicyclic) bond motifs is 3. The zero-order valence-electron chi connectivity index (χ0n) is 20.3. The molecule has 1 amide bonds. The summed E-state index contributed by atoms with van der Waals surface area (Å²) >= 11 is 0. The Morgan fingerprint density at radius 1 is 1.15 bits per heavy atom. The molecule has 0 saturated carbocycles. The highest BCUT2D eigenvalue weighted by molar-refractivity contribution is 5.78. The summed E-state index contributed by atoms with van der Waals surface area (Å²) in [6.45, 7) is 11.4. The van der Waals surface area contributed by atoms with E-state index in [0.29, 0.717) is 25.7 Å². The van der Waals surface area contributed by atoms with E-state index in [0.717, 1.165) is 47.2 Å². The number of hydrogen-bond acceptors (Lipinski definition) is 6. The Morgan fingerprint density at radius 2 is 1.97 bits per heavy atom. The van der Waals surface area contributed by atoms with Crippen molar-refractivity contribution < 1.29 is 9.53 Å². The molecule has 0 radical (unpaired) electrons. The van der Waals surface area contributed by atoms with E-state index in [9.17, 15) is 4.79 Å². The monoisotopic (exact) mass is 463 g/mol. The molecular formula is C25H33N7O2. The van der Waals surface area contributed by atoms with Crippen LogP contribution in [0.15, 0.2) is 30.7 Å². The van der Waals surface area contributed by atoms with Gasteiger partial charge in [0.1, 0.15) is 30.2 Å². The van der Waals surface area contributed by atoms with E-state index in [4.69, 9.17) is 15.5 Å². The minimum atomic E-state index is -0.235. The van der Waals surface area contributed by atoms with E-state index in [-0.39, 0.29) is 23.8 Å². The maximum atomic E-state index is 12.3. The fourth-order valence-electron chi connectivity index (χ4n) is 5.18. The van der Waals surface area contributed by atoms with Crippen LogP contribution in [0.3, 0.4) is 0 Å². The standard InChI is InChI=1S/C25H33N7O2/c1-15(2)30-8-7-18(20(12-30)23(26)33)17-5-6-19-22(11-17)34-10-9-31-13-21(29-24(19)31)25-27-14-28-32(25)16(3)4/h5-6,11,13-16,18,20H,7-10,12H2,1-4H3,(H2,26,33). The van der Waals surface area contributed by atoms with Gasteiger partial charge in [-0.2, -0.15) is 5.10 Å². The number of ether oxygens (including phenoxy) is 1. The van der Waals surface area contributed by atoms with Gasteiger partial charge in [-0.1, -0.05) is 6.07 Å². The minimum Gasteiger partial charge on any atom is -0.491 e. The van der Waals surface area contributed by atoms with Gasteiger partial charge in [0, 0.05) is 24.8 Å². The van der Waals surface area contributed by atoms with Crippen LogP contribution < -0.4 is 10.5 Å². The van der Waals surface area contributed by atoms with Gasteiger partial charge in [0.15, 0.2) is 5.82 Å². The van der Waals surface area contributed by atoms with E-state index in [2.05, 4.69) is 65.4 Å². The number of primary amides is 1. The number of rotatable bonds is 5. The molecule has 5 rings (SSSR count). The zero-order valence-corrected chi connectivity index (χ0v) is 20.3. The first kappa shape index (κ1) is 22.6. The molecule has 3 aromatic rings. The third kappa shape index (κ3) is 3.98. The second-order valence-electron chi connectivity index (χ2n) is 9.86. The highest BCUT2D eigenvalue weighted by Gasteiger charge is 2.35. The van der Waals surface area contributed by atoms with Crippen LogP contribution in [0.5, 0.6) is 5.75 Å². The molecule has 2 atom stereocenters. The molecule has 1 fully saturated rings. The quantitative estimate of drug-likeness (QED) is 0.624. The van der Waals surface area contributed by atoms with Crippen LogP contribution in [0, 0.1) is 5.92 Å². The second-order valence-corrected chi connectivity index (χ2v) is 9.86. The molecule has 9 heteroatoms. The first-order valence-electron chi connectivity index (χ1n) is 12.1. The number of likely N-dealkylation sites (tertiary alicyclic amines) is 1. The van der Waals surface area contributed by atoms with E-state index in [1.54, 1.807) is 6.33 Å². The summed E-state index contributed by atoms with van der Waals surface area (Å²) in [6.07, 6.45) is 4.49. The summed E-state index contributed by atoms with van der Waals surface area (Å²) in [5.74, 6) is 2.05. The molecular weight excluding hydrogens is 430 g/mol. The number of nitrogens with zero attached hydrogens (tertiary/aromatic N) is 6. The van der Waals surface area contributed by atoms with Crippen molar-refractivity contribution in [3.05, 3.63) is 36.3 Å². The fraction of sp³-hybridized carbons (Fsp3) is 0.520. The fourth-order valence-corrected chi connectivity index (χ4v) is 5.18. The summed E-state index contributed by atoms with van der Waals surface area (Å²) in [5.41, 5.74) is 8.69. The summed E-state index contributed by atoms with van der Waals surface area (Å²) in [6, 6.07) is 6.85. The number of aromatic nitrogens is 5. The number of carbonyl (C=O) groups excluding carboxylic acids is 1. The second kappa shape index (κ2) is 8.87. The predicted octanol–water partition coefficient (Wildman–Crippen LogP) is 3.08. The van der Waals surface area contributed by atoms with Gasteiger partial charge in [-0.15, -0.1) is 0 Å². The maximum Gasteiger partial charge on any atom is 0.222 e. The van der Waals surface area contributed by atoms with Crippen molar-refractivity contribution in [3.8, 4) is 28.7 Å². The van der Waals surface area contributed by atoms with Crippen molar-refractivity contribution >= 4 is 5.91 Å². The average Bonchev–Trinajstić information content (AvgIpc) is 3.43. The van der Waals surface area contributed by atoms with Crippen molar-refractivity contribution in [3.63, 3.8) is 0 Å². The summed E-state index contributed by atoms with van der Waals surface area (Å²) in [7, 11) is 0. The van der Waals surface area contributed by atoms with E-state index in [1.807, 2.05) is 10.9 Å². The number of benzene rings is 1. The van der Waals surface area contributed by atoms with Crippen LogP contribution >= 0.6 is 0 Å². The number of nitrogens with two attached hydrogens (primary N) is 1. The van der Waals surface area contributed by atoms with Crippen LogP contribution in [0.2, 0.25) is 0 Å². The molecule has 2 N–H and O–H groups in total. The van der Waals surface area contributed by atoms with Gasteiger partial charge in [-0.3, -0.25) is 4.79 Å². The number of amides is 1. The zero-order chi connectivity index (χ0) is 24.0. The third-order valence-electron chi connectivity index (χ3n) is 7.07. The van der Waals surface area contributed by atoms with Gasteiger partial charge in [-0.05, 0) is 64.3 Å². The Labute approximate surface area is 199 Å². The van der Waals surface area contributed by atoms with Crippen LogP contribution in [0.4, 0.5) is 0 Å². The van der Waals surface area contributed by atoms with Gasteiger partial charge in [0.25, 0.3) is 0 Å². The number of piperidine rings is 1. The van der Waals surface area contributed by atoms with Gasteiger partial charge < -0.3 is 19.9 Å². The van der Waals surface area contributed by atoms with Crippen LogP contribution in [-0.2, 0) is 11.3 Å². The molecule has 4 heterocycles. The van der Waals surface area contributed by atoms with Gasteiger partial charge in [-0.25, -0.2) is 14.6 Å². The molecule has 1 aromatic carbocycles. The van der Waals surface area contributed by atoms with Gasteiger partial charge >= 0.3 is 0 Å². The van der Waals surface area contributed by atoms with E-state index in [1.165, 1.54) is 0 Å². The largest absolute Gasteiger partial charge is 0.491 e. The molecule has 0 spiro atoms. The molecule has 2 aromatic heterocycles. The molecule has 34 heavy (non-hydrogen) atoms. The van der Waals surface area contributed by atoms with Crippen LogP contribution in [-0.4, -0.2) is 60.9 Å². The minimum absolute atomic E-state index is 0.0875. The van der Waals surface area contributed by atoms with Crippen LogP contribution in [0.1, 0.15) is 51.6 Å². The third-order valence-corrected chi connectivity index (χ3v) is 7.07. The van der Waals surface area contributed by atoms with E-state index < -0.39 is 0 Å². The molecule has 0 bridgehead atoms. The number of imidazole rings is 1. The molecule has 2 aliphatic rings. The molecule has 2 aliphatic heterocycles. The van der Waals surface area contributed by atoms with Gasteiger partial charge in [0.05, 0.1) is 18.0 Å². The first-order chi connectivity index (χ1) is 16.3. The smallest absolute Gasteiger partial charge is 0.222 e. The molecule has 0 aliphatic carbocycles.